The third-order valence-electron chi connectivity index (χ3n) is 3.26. The zero-order valence-electron chi connectivity index (χ0n) is 10.6. The van der Waals surface area contributed by atoms with E-state index in [1.807, 2.05) is 23.9 Å². The van der Waals surface area contributed by atoms with E-state index in [0.29, 0.717) is 0 Å². The molecule has 1 aliphatic carbocycles. The predicted molar refractivity (Wildman–Crippen MR) is 84.7 cm³/mol. The Kier molecular flexibility index (Phi) is 3.95. The molecule has 3 rings (SSSR count). The van der Waals surface area contributed by atoms with Gasteiger partial charge in [-0.25, -0.2) is 0 Å². The summed E-state index contributed by atoms with van der Waals surface area (Å²) in [4.78, 5) is 1.36. The molecule has 0 amide bonds. The zero-order chi connectivity index (χ0) is 13.1. The van der Waals surface area contributed by atoms with E-state index >= 15 is 0 Å². The van der Waals surface area contributed by atoms with E-state index in [-0.39, 0.29) is 0 Å². The second-order valence-electron chi connectivity index (χ2n) is 4.80. The van der Waals surface area contributed by atoms with Crippen molar-refractivity contribution in [1.82, 2.24) is 0 Å². The molecule has 0 aromatic heterocycles. The summed E-state index contributed by atoms with van der Waals surface area (Å²) in [6.45, 7) is 0. The summed E-state index contributed by atoms with van der Waals surface area (Å²) in [6, 6.07) is 18.7. The largest absolute Gasteiger partial charge is 0.126 e. The van der Waals surface area contributed by atoms with Crippen molar-refractivity contribution in [2.45, 2.75) is 11.3 Å². The molecular weight excluding hydrogens is 272 g/mol. The Morgan fingerprint density at radius 1 is 1.05 bits per heavy atom. The monoisotopic (exact) mass is 286 g/mol. The van der Waals surface area contributed by atoms with Crippen LogP contribution in [0.15, 0.2) is 65.1 Å². The standard InChI is InChI=1S/C17H15ClS/c18-16-8-6-13(7-9-16)10-14-11-15(14)12-19-17-4-2-1-3-5-17/h1-10,15H,11-12H2/b14-10+. The highest BCUT2D eigenvalue weighted by Crippen LogP contribution is 2.42. The number of hydrogen-bond acceptors (Lipinski definition) is 1. The number of benzene rings is 2. The molecule has 2 aromatic carbocycles. The molecule has 0 spiro atoms. The van der Waals surface area contributed by atoms with Gasteiger partial charge in [-0.2, -0.15) is 0 Å². The third kappa shape index (κ3) is 3.65. The molecule has 0 nitrogen and oxygen atoms in total. The molecule has 0 aliphatic heterocycles. The maximum Gasteiger partial charge on any atom is 0.0406 e. The molecule has 1 atom stereocenters. The van der Waals surface area contributed by atoms with Crippen molar-refractivity contribution in [3.63, 3.8) is 0 Å². The van der Waals surface area contributed by atoms with E-state index in [4.69, 9.17) is 11.6 Å². The molecule has 0 N–H and O–H groups in total. The smallest absolute Gasteiger partial charge is 0.0406 e. The molecule has 1 fully saturated rings. The summed E-state index contributed by atoms with van der Waals surface area (Å²) < 4.78 is 0. The van der Waals surface area contributed by atoms with Crippen molar-refractivity contribution in [3.8, 4) is 0 Å². The van der Waals surface area contributed by atoms with Crippen LogP contribution in [-0.4, -0.2) is 5.75 Å². The predicted octanol–water partition coefficient (Wildman–Crippen LogP) is 5.54. The molecule has 1 saturated carbocycles. The van der Waals surface area contributed by atoms with Crippen LogP contribution in [0.2, 0.25) is 5.02 Å². The number of rotatable bonds is 4. The normalized spacial score (nSPS) is 19.6. The van der Waals surface area contributed by atoms with E-state index in [0.717, 1.165) is 10.9 Å². The average Bonchev–Trinajstić information content (AvgIpc) is 3.19. The van der Waals surface area contributed by atoms with Crippen LogP contribution in [0, 0.1) is 5.92 Å². The topological polar surface area (TPSA) is 0 Å². The van der Waals surface area contributed by atoms with Crippen molar-refractivity contribution >= 4 is 29.4 Å². The van der Waals surface area contributed by atoms with Gasteiger partial charge in [0.05, 0.1) is 0 Å². The van der Waals surface area contributed by atoms with Crippen LogP contribution in [0.5, 0.6) is 0 Å². The van der Waals surface area contributed by atoms with Crippen LogP contribution in [0.3, 0.4) is 0 Å². The average molecular weight is 287 g/mol. The minimum atomic E-state index is 0.751. The fourth-order valence-corrected chi connectivity index (χ4v) is 3.26. The molecule has 0 radical (unpaired) electrons. The van der Waals surface area contributed by atoms with Crippen molar-refractivity contribution in [2.24, 2.45) is 5.92 Å². The van der Waals surface area contributed by atoms with Crippen LogP contribution >= 0.6 is 23.4 Å². The first kappa shape index (κ1) is 12.8. The molecular formula is C17H15ClS. The number of thioether (sulfide) groups is 1. The second-order valence-corrected chi connectivity index (χ2v) is 6.33. The van der Waals surface area contributed by atoms with Gasteiger partial charge in [0.2, 0.25) is 0 Å². The van der Waals surface area contributed by atoms with E-state index < -0.39 is 0 Å². The van der Waals surface area contributed by atoms with Gasteiger partial charge in [0, 0.05) is 15.7 Å². The summed E-state index contributed by atoms with van der Waals surface area (Å²) in [7, 11) is 0. The number of halogens is 1. The SMILES string of the molecule is Clc1ccc(/C=C2\CC2CSc2ccccc2)cc1. The minimum Gasteiger partial charge on any atom is -0.126 e. The fraction of sp³-hybridized carbons (Fsp3) is 0.176. The maximum atomic E-state index is 5.89. The van der Waals surface area contributed by atoms with Gasteiger partial charge in [0.15, 0.2) is 0 Å². The van der Waals surface area contributed by atoms with Crippen LogP contribution in [0.1, 0.15) is 12.0 Å². The molecule has 0 bridgehead atoms. The first-order chi connectivity index (χ1) is 9.31. The summed E-state index contributed by atoms with van der Waals surface area (Å²) in [6.07, 6.45) is 3.54. The van der Waals surface area contributed by atoms with Gasteiger partial charge in [-0.05, 0) is 42.2 Å². The molecule has 0 heterocycles. The lowest BCUT2D eigenvalue weighted by Gasteiger charge is -1.98. The zero-order valence-corrected chi connectivity index (χ0v) is 12.1. The van der Waals surface area contributed by atoms with Crippen LogP contribution < -0.4 is 0 Å². The maximum absolute atomic E-state index is 5.89. The van der Waals surface area contributed by atoms with Crippen LogP contribution in [0.25, 0.3) is 6.08 Å². The van der Waals surface area contributed by atoms with Crippen molar-refractivity contribution in [3.05, 3.63) is 70.8 Å². The van der Waals surface area contributed by atoms with Gasteiger partial charge in [-0.1, -0.05) is 53.6 Å². The Morgan fingerprint density at radius 3 is 2.53 bits per heavy atom. The lowest BCUT2D eigenvalue weighted by molar-refractivity contribution is 1.04. The summed E-state index contributed by atoms with van der Waals surface area (Å²) in [5.41, 5.74) is 2.82. The lowest BCUT2D eigenvalue weighted by atomic mass is 10.2. The highest BCUT2D eigenvalue weighted by molar-refractivity contribution is 7.99. The Labute approximate surface area is 123 Å². The van der Waals surface area contributed by atoms with Gasteiger partial charge in [-0.15, -0.1) is 11.8 Å². The minimum absolute atomic E-state index is 0.751. The van der Waals surface area contributed by atoms with Crippen molar-refractivity contribution in [1.29, 1.82) is 0 Å². The molecule has 19 heavy (non-hydrogen) atoms. The van der Waals surface area contributed by atoms with E-state index in [1.54, 1.807) is 5.57 Å². The molecule has 1 unspecified atom stereocenters. The molecule has 96 valence electrons. The second kappa shape index (κ2) is 5.85. The highest BCUT2D eigenvalue weighted by atomic mass is 35.5. The Hall–Kier alpha value is -1.18. The first-order valence-corrected chi connectivity index (χ1v) is 7.81. The highest BCUT2D eigenvalue weighted by Gasteiger charge is 2.29. The van der Waals surface area contributed by atoms with Gasteiger partial charge in [-0.3, -0.25) is 0 Å². The number of allylic oxidation sites excluding steroid dienone is 1. The molecule has 1 aliphatic rings. The van der Waals surface area contributed by atoms with Gasteiger partial charge >= 0.3 is 0 Å². The summed E-state index contributed by atoms with van der Waals surface area (Å²) in [5, 5.41) is 0.800. The molecule has 0 saturated heterocycles. The summed E-state index contributed by atoms with van der Waals surface area (Å²) in [5.74, 6) is 1.93. The summed E-state index contributed by atoms with van der Waals surface area (Å²) >= 11 is 7.83. The molecule has 2 aromatic rings. The van der Waals surface area contributed by atoms with E-state index in [2.05, 4.69) is 48.5 Å². The Bertz CT molecular complexity index is 572. The van der Waals surface area contributed by atoms with E-state index in [9.17, 15) is 0 Å². The van der Waals surface area contributed by atoms with Crippen LogP contribution in [0.4, 0.5) is 0 Å². The van der Waals surface area contributed by atoms with Crippen LogP contribution in [-0.2, 0) is 0 Å². The van der Waals surface area contributed by atoms with Gasteiger partial charge in [0.25, 0.3) is 0 Å². The number of hydrogen-bond donors (Lipinski definition) is 0. The quantitative estimate of drug-likeness (QED) is 0.665. The Balaban J connectivity index is 1.55. The van der Waals surface area contributed by atoms with Gasteiger partial charge in [0.1, 0.15) is 0 Å². The van der Waals surface area contributed by atoms with E-state index in [1.165, 1.54) is 22.6 Å². The van der Waals surface area contributed by atoms with Crippen molar-refractivity contribution in [2.75, 3.05) is 5.75 Å². The fourth-order valence-electron chi connectivity index (χ4n) is 2.05. The van der Waals surface area contributed by atoms with Gasteiger partial charge < -0.3 is 0 Å². The van der Waals surface area contributed by atoms with Crippen molar-refractivity contribution < 1.29 is 0 Å². The Morgan fingerprint density at radius 2 is 1.79 bits per heavy atom. The first-order valence-electron chi connectivity index (χ1n) is 6.45. The third-order valence-corrected chi connectivity index (χ3v) is 4.69. The molecule has 2 heteroatoms. The lowest BCUT2D eigenvalue weighted by Crippen LogP contribution is -1.81.